The number of aromatic amines is 1. The molecule has 4 aromatic rings. The van der Waals surface area contributed by atoms with Crippen molar-refractivity contribution in [2.75, 3.05) is 39.8 Å². The number of hydrogen-bond donors (Lipinski definition) is 5. The number of piperidine rings is 1. The van der Waals surface area contributed by atoms with Crippen LogP contribution >= 0.6 is 0 Å². The number of hydrogen-bond acceptors (Lipinski definition) is 7. The van der Waals surface area contributed by atoms with Crippen LogP contribution in [-0.4, -0.2) is 65.0 Å². The van der Waals surface area contributed by atoms with Gasteiger partial charge in [0.1, 0.15) is 17.2 Å². The monoisotopic (exact) mass is 557 g/mol. The Morgan fingerprint density at radius 2 is 1.68 bits per heavy atom. The average Bonchev–Trinajstić information content (AvgIpc) is 2.98. The van der Waals surface area contributed by atoms with E-state index in [1.165, 1.54) is 17.7 Å². The molecule has 8 nitrogen and oxygen atoms in total. The fourth-order valence-corrected chi connectivity index (χ4v) is 5.58. The van der Waals surface area contributed by atoms with Gasteiger partial charge in [-0.05, 0) is 104 Å². The van der Waals surface area contributed by atoms with Crippen molar-refractivity contribution in [3.05, 3.63) is 99.3 Å². The van der Waals surface area contributed by atoms with Gasteiger partial charge in [0.15, 0.2) is 0 Å². The molecule has 1 unspecified atom stereocenters. The zero-order valence-corrected chi connectivity index (χ0v) is 23.5. The smallest absolute Gasteiger partial charge is 0.248 e. The minimum absolute atomic E-state index is 0.0217. The number of aromatic nitrogens is 1. The van der Waals surface area contributed by atoms with E-state index in [2.05, 4.69) is 40.4 Å². The molecule has 0 saturated carbocycles. The predicted molar refractivity (Wildman–Crippen MR) is 161 cm³/mol. The number of pyridine rings is 1. The molecule has 1 saturated heterocycles. The van der Waals surface area contributed by atoms with E-state index in [0.717, 1.165) is 55.6 Å². The largest absolute Gasteiger partial charge is 0.508 e. The highest BCUT2D eigenvalue weighted by Gasteiger charge is 2.21. The molecule has 0 aliphatic carbocycles. The lowest BCUT2D eigenvalue weighted by molar-refractivity contribution is 0.176. The molecule has 3 aromatic carbocycles. The van der Waals surface area contributed by atoms with Gasteiger partial charge in [-0.25, -0.2) is 0 Å². The first-order valence-electron chi connectivity index (χ1n) is 14.3. The zero-order valence-electron chi connectivity index (χ0n) is 23.5. The number of phenols is 2. The van der Waals surface area contributed by atoms with Gasteiger partial charge in [0.2, 0.25) is 5.56 Å². The number of aliphatic hydroxyl groups is 1. The number of H-pyrrole nitrogens is 1. The molecule has 216 valence electrons. The predicted octanol–water partition coefficient (Wildman–Crippen LogP) is 4.24. The Kier molecular flexibility index (Phi) is 9.24. The van der Waals surface area contributed by atoms with Crippen molar-refractivity contribution in [3.63, 3.8) is 0 Å². The van der Waals surface area contributed by atoms with Crippen LogP contribution in [0.4, 0.5) is 0 Å². The van der Waals surface area contributed by atoms with Gasteiger partial charge < -0.3 is 35.3 Å². The number of phenolic OH excluding ortho intramolecular Hbond substituents is 2. The maximum Gasteiger partial charge on any atom is 0.248 e. The fourth-order valence-electron chi connectivity index (χ4n) is 5.58. The van der Waals surface area contributed by atoms with E-state index >= 15 is 0 Å². The van der Waals surface area contributed by atoms with Crippen LogP contribution in [0.3, 0.4) is 0 Å². The Morgan fingerprint density at radius 1 is 0.951 bits per heavy atom. The van der Waals surface area contributed by atoms with Gasteiger partial charge in [-0.1, -0.05) is 30.3 Å². The number of ether oxygens (including phenoxy) is 1. The van der Waals surface area contributed by atoms with E-state index in [9.17, 15) is 20.1 Å². The minimum Gasteiger partial charge on any atom is -0.508 e. The molecular formula is C33H39N3O5. The molecule has 1 aliphatic heterocycles. The Labute approximate surface area is 240 Å². The summed E-state index contributed by atoms with van der Waals surface area (Å²) < 4.78 is 5.99. The van der Waals surface area contributed by atoms with Crippen LogP contribution in [0, 0.1) is 0 Å². The van der Waals surface area contributed by atoms with E-state index in [4.69, 9.17) is 4.74 Å². The van der Waals surface area contributed by atoms with E-state index in [1.54, 1.807) is 12.1 Å². The molecule has 5 rings (SSSR count). The maximum absolute atomic E-state index is 11.6. The number of rotatable bonds is 11. The van der Waals surface area contributed by atoms with Crippen molar-refractivity contribution >= 4 is 10.9 Å². The summed E-state index contributed by atoms with van der Waals surface area (Å²) in [5, 5.41) is 35.1. The lowest BCUT2D eigenvalue weighted by atomic mass is 9.88. The van der Waals surface area contributed by atoms with Crippen LogP contribution in [0.2, 0.25) is 0 Å². The van der Waals surface area contributed by atoms with Crippen molar-refractivity contribution in [1.29, 1.82) is 0 Å². The van der Waals surface area contributed by atoms with Gasteiger partial charge in [-0.2, -0.15) is 0 Å². The lowest BCUT2D eigenvalue weighted by Gasteiger charge is -2.29. The summed E-state index contributed by atoms with van der Waals surface area (Å²) in [4.78, 5) is 16.6. The van der Waals surface area contributed by atoms with E-state index < -0.39 is 6.10 Å². The highest BCUT2D eigenvalue weighted by molar-refractivity contribution is 5.87. The summed E-state index contributed by atoms with van der Waals surface area (Å²) in [6.07, 6.45) is 2.94. The van der Waals surface area contributed by atoms with Gasteiger partial charge in [0, 0.05) is 24.4 Å². The third-order valence-corrected chi connectivity index (χ3v) is 8.03. The summed E-state index contributed by atoms with van der Waals surface area (Å²) in [6, 6.07) is 20.2. The number of likely N-dealkylation sites (tertiary alicyclic amines) is 1. The van der Waals surface area contributed by atoms with Crippen LogP contribution in [0.15, 0.2) is 71.5 Å². The Bertz CT molecular complexity index is 1510. The first kappa shape index (κ1) is 28.7. The number of aliphatic hydroxyl groups excluding tert-OH is 1. The van der Waals surface area contributed by atoms with Crippen LogP contribution in [-0.2, 0) is 12.8 Å². The normalized spacial score (nSPS) is 15.3. The number of nitrogens with one attached hydrogen (secondary N) is 2. The second-order valence-electron chi connectivity index (χ2n) is 11.0. The fraction of sp³-hybridized carbons (Fsp3) is 0.364. The molecule has 2 heterocycles. The molecule has 0 amide bonds. The van der Waals surface area contributed by atoms with Crippen molar-refractivity contribution < 1.29 is 20.1 Å². The molecule has 1 atom stereocenters. The van der Waals surface area contributed by atoms with Crippen LogP contribution in [0.1, 0.15) is 47.1 Å². The molecule has 41 heavy (non-hydrogen) atoms. The lowest BCUT2D eigenvalue weighted by Crippen LogP contribution is -2.29. The van der Waals surface area contributed by atoms with Gasteiger partial charge >= 0.3 is 0 Å². The number of aromatic hydroxyl groups is 2. The molecule has 1 aliphatic rings. The van der Waals surface area contributed by atoms with Crippen LogP contribution < -0.4 is 15.6 Å². The Balaban J connectivity index is 1.06. The summed E-state index contributed by atoms with van der Waals surface area (Å²) in [7, 11) is 2.15. The van der Waals surface area contributed by atoms with E-state index in [-0.39, 0.29) is 11.3 Å². The second kappa shape index (κ2) is 13.2. The van der Waals surface area contributed by atoms with Crippen LogP contribution in [0.5, 0.6) is 17.2 Å². The summed E-state index contributed by atoms with van der Waals surface area (Å²) in [5.74, 6) is 1.61. The molecule has 8 heteroatoms. The van der Waals surface area contributed by atoms with E-state index in [1.807, 2.05) is 24.3 Å². The molecular weight excluding hydrogens is 518 g/mol. The first-order valence-corrected chi connectivity index (χ1v) is 14.3. The number of fused-ring (bicyclic) bond motifs is 1. The standard InChI is InChI=1S/C33H39N3O5/c1-36-17-13-24(14-18-36)28-20-23(4-9-29(28)37)15-19-41-25-5-2-22(3-6-25)12-16-34-21-31(39)26-7-10-30(38)33-27(26)8-11-32(40)35-33/h2-11,20,24,31,34,37-39H,12-19,21H2,1H3,(H,35,40). The van der Waals surface area contributed by atoms with Crippen molar-refractivity contribution in [3.8, 4) is 17.2 Å². The molecule has 1 fully saturated rings. The van der Waals surface area contributed by atoms with Gasteiger partial charge in [0.05, 0.1) is 18.2 Å². The molecule has 1 aromatic heterocycles. The van der Waals surface area contributed by atoms with Gasteiger partial charge in [-0.3, -0.25) is 4.79 Å². The van der Waals surface area contributed by atoms with Gasteiger partial charge in [0.25, 0.3) is 0 Å². The second-order valence-corrected chi connectivity index (χ2v) is 11.0. The summed E-state index contributed by atoms with van der Waals surface area (Å²) in [6.45, 7) is 3.72. The summed E-state index contributed by atoms with van der Waals surface area (Å²) >= 11 is 0. The van der Waals surface area contributed by atoms with Crippen molar-refractivity contribution in [2.24, 2.45) is 0 Å². The quantitative estimate of drug-likeness (QED) is 0.175. The average molecular weight is 558 g/mol. The molecule has 0 bridgehead atoms. The molecule has 0 spiro atoms. The number of benzene rings is 3. The minimum atomic E-state index is -0.784. The third-order valence-electron chi connectivity index (χ3n) is 8.03. The third kappa shape index (κ3) is 7.27. The van der Waals surface area contributed by atoms with Crippen molar-refractivity contribution in [1.82, 2.24) is 15.2 Å². The van der Waals surface area contributed by atoms with Crippen molar-refractivity contribution in [2.45, 2.75) is 37.7 Å². The SMILES string of the molecule is CN1CCC(c2cc(CCOc3ccc(CCNCC(O)c4ccc(O)c5[nH]c(=O)ccc45)cc3)ccc2O)CC1. The Hall–Kier alpha value is -3.85. The maximum atomic E-state index is 11.6. The highest BCUT2D eigenvalue weighted by atomic mass is 16.5. The zero-order chi connectivity index (χ0) is 28.8. The number of nitrogens with zero attached hydrogens (tertiary/aromatic N) is 1. The molecule has 5 N–H and O–H groups in total. The molecule has 0 radical (unpaired) electrons. The first-order chi connectivity index (χ1) is 19.9. The Morgan fingerprint density at radius 3 is 2.46 bits per heavy atom. The van der Waals surface area contributed by atoms with Crippen LogP contribution in [0.25, 0.3) is 10.9 Å². The van der Waals surface area contributed by atoms with Gasteiger partial charge in [-0.15, -0.1) is 0 Å². The summed E-state index contributed by atoms with van der Waals surface area (Å²) in [5.41, 5.74) is 4.07. The topological polar surface area (TPSA) is 118 Å². The van der Waals surface area contributed by atoms with E-state index in [0.29, 0.717) is 47.8 Å². The highest BCUT2D eigenvalue weighted by Crippen LogP contribution is 2.34.